The van der Waals surface area contributed by atoms with Crippen LogP contribution in [-0.4, -0.2) is 21.5 Å². The van der Waals surface area contributed by atoms with Gasteiger partial charge in [0.1, 0.15) is 9.26 Å². The lowest BCUT2D eigenvalue weighted by Gasteiger charge is -2.14. The van der Waals surface area contributed by atoms with Crippen LogP contribution < -0.4 is 4.74 Å². The van der Waals surface area contributed by atoms with E-state index in [2.05, 4.69) is 27.7 Å². The Hall–Kier alpha value is -0.300. The number of nitrogens with zero attached hydrogens (tertiary/aromatic N) is 2. The standard InChI is InChI=1S/C7H9IN2O2/c8-6-5(4-11)9-10-2-1-3-12-7(6)10/h11H,1-4H2. The van der Waals surface area contributed by atoms with Gasteiger partial charge in [-0.25, -0.2) is 4.68 Å². The van der Waals surface area contributed by atoms with Crippen LogP contribution >= 0.6 is 22.6 Å². The summed E-state index contributed by atoms with van der Waals surface area (Å²) in [5, 5.41) is 13.1. The van der Waals surface area contributed by atoms with Gasteiger partial charge in [-0.1, -0.05) is 0 Å². The summed E-state index contributed by atoms with van der Waals surface area (Å²) < 4.78 is 8.17. The van der Waals surface area contributed by atoms with Gasteiger partial charge >= 0.3 is 0 Å². The van der Waals surface area contributed by atoms with Crippen molar-refractivity contribution in [2.24, 2.45) is 0 Å². The fourth-order valence-electron chi connectivity index (χ4n) is 1.25. The molecule has 0 saturated heterocycles. The second-order valence-corrected chi connectivity index (χ2v) is 3.73. The third-order valence-corrected chi connectivity index (χ3v) is 2.90. The summed E-state index contributed by atoms with van der Waals surface area (Å²) in [7, 11) is 0. The van der Waals surface area contributed by atoms with Crippen LogP contribution in [0.5, 0.6) is 5.88 Å². The molecule has 0 atom stereocenters. The first-order valence-corrected chi connectivity index (χ1v) is 4.89. The molecule has 0 spiro atoms. The largest absolute Gasteiger partial charge is 0.477 e. The number of ether oxygens (including phenoxy) is 1. The molecule has 0 amide bonds. The van der Waals surface area contributed by atoms with E-state index in [0.29, 0.717) is 5.69 Å². The highest BCUT2D eigenvalue weighted by atomic mass is 127. The molecule has 0 radical (unpaired) electrons. The number of aromatic nitrogens is 2. The Bertz CT molecular complexity index is 298. The van der Waals surface area contributed by atoms with E-state index in [1.807, 2.05) is 4.68 Å². The van der Waals surface area contributed by atoms with Crippen molar-refractivity contribution in [3.8, 4) is 5.88 Å². The van der Waals surface area contributed by atoms with E-state index in [4.69, 9.17) is 9.84 Å². The minimum atomic E-state index is -0.0123. The van der Waals surface area contributed by atoms with Gasteiger partial charge in [0.15, 0.2) is 0 Å². The van der Waals surface area contributed by atoms with E-state index in [1.54, 1.807) is 0 Å². The van der Waals surface area contributed by atoms with Crippen molar-refractivity contribution in [3.05, 3.63) is 9.26 Å². The van der Waals surface area contributed by atoms with Crippen molar-refractivity contribution in [1.82, 2.24) is 9.78 Å². The molecule has 0 aromatic carbocycles. The van der Waals surface area contributed by atoms with Gasteiger partial charge in [-0.3, -0.25) is 0 Å². The average molecular weight is 280 g/mol. The van der Waals surface area contributed by atoms with Crippen LogP contribution in [0.1, 0.15) is 12.1 Å². The minimum Gasteiger partial charge on any atom is -0.477 e. The molecule has 1 N–H and O–H groups in total. The van der Waals surface area contributed by atoms with Crippen molar-refractivity contribution < 1.29 is 9.84 Å². The fraction of sp³-hybridized carbons (Fsp3) is 0.571. The molecule has 1 aromatic rings. The van der Waals surface area contributed by atoms with Gasteiger partial charge in [-0.15, -0.1) is 0 Å². The number of aryl methyl sites for hydroxylation is 1. The molecular formula is C7H9IN2O2. The van der Waals surface area contributed by atoms with Gasteiger partial charge < -0.3 is 9.84 Å². The molecule has 1 aliphatic heterocycles. The number of rotatable bonds is 1. The van der Waals surface area contributed by atoms with Crippen LogP contribution in [0, 0.1) is 3.57 Å². The topological polar surface area (TPSA) is 47.3 Å². The van der Waals surface area contributed by atoms with Gasteiger partial charge in [0.2, 0.25) is 5.88 Å². The number of hydrogen-bond donors (Lipinski definition) is 1. The smallest absolute Gasteiger partial charge is 0.225 e. The molecule has 2 heterocycles. The molecule has 1 aliphatic rings. The fourth-order valence-corrected chi connectivity index (χ4v) is 1.96. The lowest BCUT2D eigenvalue weighted by Crippen LogP contribution is -2.15. The van der Waals surface area contributed by atoms with Crippen molar-refractivity contribution in [2.45, 2.75) is 19.6 Å². The highest BCUT2D eigenvalue weighted by Crippen LogP contribution is 2.27. The normalized spacial score (nSPS) is 15.5. The lowest BCUT2D eigenvalue weighted by atomic mass is 10.4. The SMILES string of the molecule is OCc1nn2c(c1I)OCCC2. The summed E-state index contributed by atoms with van der Waals surface area (Å²) >= 11 is 2.15. The molecule has 4 nitrogen and oxygen atoms in total. The summed E-state index contributed by atoms with van der Waals surface area (Å²) in [6.07, 6.45) is 0.996. The number of fused-ring (bicyclic) bond motifs is 1. The monoisotopic (exact) mass is 280 g/mol. The van der Waals surface area contributed by atoms with E-state index >= 15 is 0 Å². The van der Waals surface area contributed by atoms with Gasteiger partial charge in [-0.2, -0.15) is 5.10 Å². The Labute approximate surface area is 83.7 Å². The summed E-state index contributed by atoms with van der Waals surface area (Å²) in [6.45, 7) is 1.64. The highest BCUT2D eigenvalue weighted by molar-refractivity contribution is 14.1. The lowest BCUT2D eigenvalue weighted by molar-refractivity contribution is 0.228. The van der Waals surface area contributed by atoms with Crippen molar-refractivity contribution >= 4 is 22.6 Å². The van der Waals surface area contributed by atoms with E-state index < -0.39 is 0 Å². The number of aliphatic hydroxyl groups excluding tert-OH is 1. The first-order valence-electron chi connectivity index (χ1n) is 3.82. The maximum absolute atomic E-state index is 8.93. The third kappa shape index (κ3) is 1.20. The molecule has 2 rings (SSSR count). The Morgan fingerprint density at radius 2 is 2.50 bits per heavy atom. The molecule has 12 heavy (non-hydrogen) atoms. The predicted octanol–water partition coefficient (Wildman–Crippen LogP) is 0.762. The zero-order valence-electron chi connectivity index (χ0n) is 6.46. The van der Waals surface area contributed by atoms with Crippen molar-refractivity contribution in [2.75, 3.05) is 6.61 Å². The molecule has 0 fully saturated rings. The number of halogens is 1. The van der Waals surface area contributed by atoms with Crippen LogP contribution in [-0.2, 0) is 13.2 Å². The molecule has 0 unspecified atom stereocenters. The third-order valence-electron chi connectivity index (χ3n) is 1.82. The van der Waals surface area contributed by atoms with Gasteiger partial charge in [0.05, 0.1) is 13.2 Å². The maximum atomic E-state index is 8.93. The zero-order valence-corrected chi connectivity index (χ0v) is 8.61. The van der Waals surface area contributed by atoms with Gasteiger partial charge in [0.25, 0.3) is 0 Å². The van der Waals surface area contributed by atoms with E-state index in [1.165, 1.54) is 0 Å². The van der Waals surface area contributed by atoms with Crippen LogP contribution in [0.2, 0.25) is 0 Å². The Balaban J connectivity index is 2.44. The van der Waals surface area contributed by atoms with Crippen LogP contribution in [0.3, 0.4) is 0 Å². The maximum Gasteiger partial charge on any atom is 0.225 e. The summed E-state index contributed by atoms with van der Waals surface area (Å²) in [5.41, 5.74) is 0.715. The molecule has 1 aromatic heterocycles. The van der Waals surface area contributed by atoms with Crippen LogP contribution in [0.25, 0.3) is 0 Å². The Kier molecular flexibility index (Phi) is 2.22. The predicted molar refractivity (Wildman–Crippen MR) is 51.0 cm³/mol. The number of hydrogen-bond acceptors (Lipinski definition) is 3. The summed E-state index contributed by atoms with van der Waals surface area (Å²) in [5.74, 6) is 0.811. The summed E-state index contributed by atoms with van der Waals surface area (Å²) in [6, 6.07) is 0. The Morgan fingerprint density at radius 3 is 3.17 bits per heavy atom. The first-order chi connectivity index (χ1) is 5.83. The molecular weight excluding hydrogens is 271 g/mol. The minimum absolute atomic E-state index is 0.0123. The van der Waals surface area contributed by atoms with Crippen molar-refractivity contribution in [1.29, 1.82) is 0 Å². The zero-order chi connectivity index (χ0) is 8.55. The number of aliphatic hydroxyl groups is 1. The second-order valence-electron chi connectivity index (χ2n) is 2.65. The van der Waals surface area contributed by atoms with Gasteiger partial charge in [-0.05, 0) is 22.6 Å². The van der Waals surface area contributed by atoms with Crippen molar-refractivity contribution in [3.63, 3.8) is 0 Å². The average Bonchev–Trinajstić information content (AvgIpc) is 2.44. The molecule has 0 aliphatic carbocycles. The van der Waals surface area contributed by atoms with E-state index in [0.717, 1.165) is 29.0 Å². The quantitative estimate of drug-likeness (QED) is 0.773. The van der Waals surface area contributed by atoms with Crippen LogP contribution in [0.15, 0.2) is 0 Å². The molecule has 66 valence electrons. The van der Waals surface area contributed by atoms with Gasteiger partial charge in [0, 0.05) is 13.0 Å². The highest BCUT2D eigenvalue weighted by Gasteiger charge is 2.18. The second kappa shape index (κ2) is 3.21. The van der Waals surface area contributed by atoms with E-state index in [9.17, 15) is 0 Å². The first kappa shape index (κ1) is 8.31. The van der Waals surface area contributed by atoms with E-state index in [-0.39, 0.29) is 6.61 Å². The van der Waals surface area contributed by atoms with Crippen LogP contribution in [0.4, 0.5) is 0 Å². The molecule has 0 bridgehead atoms. The molecule has 5 heteroatoms. The summed E-state index contributed by atoms with van der Waals surface area (Å²) in [4.78, 5) is 0. The molecule has 0 saturated carbocycles. The Morgan fingerprint density at radius 1 is 1.67 bits per heavy atom.